The van der Waals surface area contributed by atoms with Crippen molar-refractivity contribution in [3.63, 3.8) is 0 Å². The summed E-state index contributed by atoms with van der Waals surface area (Å²) in [5, 5.41) is 3.73. The van der Waals surface area contributed by atoms with Crippen LogP contribution in [0.4, 0.5) is 0 Å². The lowest BCUT2D eigenvalue weighted by Gasteiger charge is -2.32. The summed E-state index contributed by atoms with van der Waals surface area (Å²) in [6.07, 6.45) is 9.24. The molecule has 5 nitrogen and oxygen atoms in total. The van der Waals surface area contributed by atoms with Crippen LogP contribution in [0.2, 0.25) is 0 Å². The van der Waals surface area contributed by atoms with Gasteiger partial charge in [0.1, 0.15) is 0 Å². The first kappa shape index (κ1) is 15.8. The molecule has 4 heterocycles. The number of fused-ring (bicyclic) bond motifs is 3. The molecule has 0 amide bonds. The second-order valence-electron chi connectivity index (χ2n) is 8.43. The van der Waals surface area contributed by atoms with Gasteiger partial charge in [-0.15, -0.1) is 0 Å². The van der Waals surface area contributed by atoms with Gasteiger partial charge >= 0.3 is 0 Å². The summed E-state index contributed by atoms with van der Waals surface area (Å²) in [7, 11) is 0. The van der Waals surface area contributed by atoms with Gasteiger partial charge in [0, 0.05) is 49.7 Å². The molecule has 1 saturated carbocycles. The van der Waals surface area contributed by atoms with Gasteiger partial charge in [-0.3, -0.25) is 9.30 Å². The number of imidazole rings is 1. The number of rotatable bonds is 4. The molecular formula is C22H25N5. The molecule has 5 heteroatoms. The van der Waals surface area contributed by atoms with E-state index < -0.39 is 0 Å². The second kappa shape index (κ2) is 6.14. The van der Waals surface area contributed by atoms with E-state index in [-0.39, 0.29) is 0 Å². The Morgan fingerprint density at radius 1 is 1.00 bits per heavy atom. The maximum atomic E-state index is 4.90. The lowest BCUT2D eigenvalue weighted by Crippen LogP contribution is -2.50. The Balaban J connectivity index is 1.38. The maximum absolute atomic E-state index is 4.90. The Morgan fingerprint density at radius 3 is 2.52 bits per heavy atom. The standard InChI is InChI=1S/C22H25N5/c1-10-23-22-25-21(17-6-4-16(5-7-17)15-2-3-15)20(27(22)11-1)14-26-12-18-8-9-19(13-26)24-18/h1,4-7,10-11,15,18-19,24H,2-3,8-9,12-14H2. The zero-order valence-electron chi connectivity index (χ0n) is 15.5. The number of benzene rings is 1. The van der Waals surface area contributed by atoms with Crippen molar-refractivity contribution in [3.8, 4) is 11.3 Å². The summed E-state index contributed by atoms with van der Waals surface area (Å²) in [5.41, 5.74) is 5.03. The molecule has 6 rings (SSSR count). The van der Waals surface area contributed by atoms with Gasteiger partial charge in [-0.25, -0.2) is 9.97 Å². The minimum absolute atomic E-state index is 0.655. The summed E-state index contributed by atoms with van der Waals surface area (Å²) in [6, 6.07) is 12.4. The third-order valence-electron chi connectivity index (χ3n) is 6.40. The van der Waals surface area contributed by atoms with Gasteiger partial charge in [0.05, 0.1) is 11.4 Å². The molecule has 3 aromatic rings. The zero-order chi connectivity index (χ0) is 17.8. The number of likely N-dealkylation sites (tertiary alicyclic amines) is 1. The van der Waals surface area contributed by atoms with Crippen molar-refractivity contribution in [2.75, 3.05) is 13.1 Å². The van der Waals surface area contributed by atoms with Crippen molar-refractivity contribution in [2.45, 2.75) is 50.2 Å². The second-order valence-corrected chi connectivity index (χ2v) is 8.43. The Morgan fingerprint density at radius 2 is 1.78 bits per heavy atom. The van der Waals surface area contributed by atoms with Crippen LogP contribution in [-0.2, 0) is 6.54 Å². The van der Waals surface area contributed by atoms with Gasteiger partial charge in [0.25, 0.3) is 0 Å². The normalized spacial score (nSPS) is 25.3. The van der Waals surface area contributed by atoms with Gasteiger partial charge in [-0.1, -0.05) is 24.3 Å². The molecule has 2 aliphatic heterocycles. The predicted octanol–water partition coefficient (Wildman–Crippen LogP) is 3.21. The van der Waals surface area contributed by atoms with Crippen LogP contribution in [0.3, 0.4) is 0 Å². The molecule has 2 bridgehead atoms. The van der Waals surface area contributed by atoms with Gasteiger partial charge in [-0.05, 0) is 43.2 Å². The molecule has 1 aliphatic carbocycles. The molecule has 2 saturated heterocycles. The van der Waals surface area contributed by atoms with Crippen LogP contribution in [0.15, 0.2) is 42.7 Å². The fourth-order valence-electron chi connectivity index (χ4n) is 4.88. The average Bonchev–Trinajstić information content (AvgIpc) is 3.42. The quantitative estimate of drug-likeness (QED) is 0.777. The summed E-state index contributed by atoms with van der Waals surface area (Å²) < 4.78 is 2.17. The molecule has 1 aromatic carbocycles. The third-order valence-corrected chi connectivity index (χ3v) is 6.40. The highest BCUT2D eigenvalue weighted by Crippen LogP contribution is 2.40. The van der Waals surface area contributed by atoms with Gasteiger partial charge < -0.3 is 5.32 Å². The fourth-order valence-corrected chi connectivity index (χ4v) is 4.88. The van der Waals surface area contributed by atoms with Crippen molar-refractivity contribution >= 4 is 5.78 Å². The number of hydrogen-bond acceptors (Lipinski definition) is 4. The number of hydrogen-bond donors (Lipinski definition) is 1. The molecule has 138 valence electrons. The van der Waals surface area contributed by atoms with E-state index in [4.69, 9.17) is 4.98 Å². The average molecular weight is 359 g/mol. The molecule has 27 heavy (non-hydrogen) atoms. The summed E-state index contributed by atoms with van der Waals surface area (Å²) in [6.45, 7) is 3.19. The first-order valence-electron chi connectivity index (χ1n) is 10.2. The zero-order valence-corrected chi connectivity index (χ0v) is 15.5. The van der Waals surface area contributed by atoms with E-state index in [1.807, 2.05) is 12.3 Å². The van der Waals surface area contributed by atoms with Crippen LogP contribution in [0.1, 0.15) is 42.9 Å². The van der Waals surface area contributed by atoms with Gasteiger partial charge in [0.2, 0.25) is 5.78 Å². The van der Waals surface area contributed by atoms with Crippen molar-refractivity contribution in [1.29, 1.82) is 0 Å². The van der Waals surface area contributed by atoms with E-state index in [0.717, 1.165) is 37.0 Å². The SMILES string of the molecule is c1cnc2nc(-c3ccc(C4CC4)cc3)c(CN3CC4CCC(C3)N4)n2c1. The minimum atomic E-state index is 0.655. The van der Waals surface area contributed by atoms with Crippen molar-refractivity contribution in [1.82, 2.24) is 24.6 Å². The highest BCUT2D eigenvalue weighted by Gasteiger charge is 2.33. The van der Waals surface area contributed by atoms with Crippen molar-refractivity contribution in [3.05, 3.63) is 54.0 Å². The van der Waals surface area contributed by atoms with Crippen molar-refractivity contribution in [2.24, 2.45) is 0 Å². The molecule has 1 N–H and O–H groups in total. The summed E-state index contributed by atoms with van der Waals surface area (Å²) >= 11 is 0. The molecule has 2 atom stereocenters. The van der Waals surface area contributed by atoms with Gasteiger partial charge in [-0.2, -0.15) is 0 Å². The van der Waals surface area contributed by atoms with Crippen molar-refractivity contribution < 1.29 is 0 Å². The fraction of sp³-hybridized carbons (Fsp3) is 0.455. The third kappa shape index (κ3) is 2.86. The number of aromatic nitrogens is 3. The van der Waals surface area contributed by atoms with E-state index in [9.17, 15) is 0 Å². The maximum Gasteiger partial charge on any atom is 0.234 e. The molecule has 0 spiro atoms. The lowest BCUT2D eigenvalue weighted by atomic mass is 10.0. The van der Waals surface area contributed by atoms with Crippen LogP contribution in [-0.4, -0.2) is 44.4 Å². The number of nitrogens with zero attached hydrogens (tertiary/aromatic N) is 4. The highest BCUT2D eigenvalue weighted by atomic mass is 15.2. The Labute approximate surface area is 159 Å². The van der Waals surface area contributed by atoms with E-state index in [2.05, 4.69) is 50.1 Å². The number of piperazine rings is 1. The highest BCUT2D eigenvalue weighted by molar-refractivity contribution is 5.66. The Bertz CT molecular complexity index is 960. The van der Waals surface area contributed by atoms with E-state index >= 15 is 0 Å². The van der Waals surface area contributed by atoms with Gasteiger partial charge in [0.15, 0.2) is 0 Å². The van der Waals surface area contributed by atoms with E-state index in [1.165, 1.54) is 42.5 Å². The van der Waals surface area contributed by atoms with E-state index in [0.29, 0.717) is 12.1 Å². The molecule has 2 aromatic heterocycles. The molecule has 2 unspecified atom stereocenters. The molecule has 3 aliphatic rings. The smallest absolute Gasteiger partial charge is 0.234 e. The monoisotopic (exact) mass is 359 g/mol. The summed E-state index contributed by atoms with van der Waals surface area (Å²) in [4.78, 5) is 12.0. The van der Waals surface area contributed by atoms with Crippen LogP contribution >= 0.6 is 0 Å². The topological polar surface area (TPSA) is 45.5 Å². The first-order chi connectivity index (χ1) is 13.3. The molecule has 3 fully saturated rings. The van der Waals surface area contributed by atoms with Crippen LogP contribution in [0.5, 0.6) is 0 Å². The first-order valence-corrected chi connectivity index (χ1v) is 10.2. The predicted molar refractivity (Wildman–Crippen MR) is 106 cm³/mol. The van der Waals surface area contributed by atoms with Crippen LogP contribution < -0.4 is 5.32 Å². The molecular weight excluding hydrogens is 334 g/mol. The Hall–Kier alpha value is -2.24. The number of nitrogens with one attached hydrogen (secondary N) is 1. The van der Waals surface area contributed by atoms with Crippen LogP contribution in [0, 0.1) is 0 Å². The largest absolute Gasteiger partial charge is 0.309 e. The minimum Gasteiger partial charge on any atom is -0.309 e. The summed E-state index contributed by atoms with van der Waals surface area (Å²) in [5.74, 6) is 1.59. The lowest BCUT2D eigenvalue weighted by molar-refractivity contribution is 0.187. The van der Waals surface area contributed by atoms with E-state index in [1.54, 1.807) is 0 Å². The Kier molecular flexibility index (Phi) is 3.59. The molecule has 0 radical (unpaired) electrons. The van der Waals surface area contributed by atoms with Crippen LogP contribution in [0.25, 0.3) is 17.0 Å².